The van der Waals surface area contributed by atoms with Crippen LogP contribution in [0.25, 0.3) is 0 Å². The van der Waals surface area contributed by atoms with Crippen LogP contribution in [-0.4, -0.2) is 61.5 Å². The topological polar surface area (TPSA) is 35.6 Å². The van der Waals surface area contributed by atoms with Crippen molar-refractivity contribution in [2.45, 2.75) is 18.9 Å². The molecule has 0 aliphatic carbocycles. The molecule has 80 valence electrons. The van der Waals surface area contributed by atoms with Crippen LogP contribution < -0.4 is 5.32 Å². The molecule has 4 heteroatoms. The van der Waals surface area contributed by atoms with E-state index in [0.717, 1.165) is 26.2 Å². The molecule has 14 heavy (non-hydrogen) atoms. The Balaban J connectivity index is 1.88. The molecule has 0 saturated carbocycles. The fourth-order valence-corrected chi connectivity index (χ4v) is 2.23. The van der Waals surface area contributed by atoms with Crippen LogP contribution in [0.5, 0.6) is 0 Å². The van der Waals surface area contributed by atoms with E-state index in [2.05, 4.69) is 10.2 Å². The smallest absolute Gasteiger partial charge is 0.236 e. The zero-order chi connectivity index (χ0) is 9.97. The van der Waals surface area contributed by atoms with Gasteiger partial charge in [0, 0.05) is 32.7 Å². The van der Waals surface area contributed by atoms with Gasteiger partial charge in [-0.15, -0.1) is 0 Å². The minimum atomic E-state index is 0.266. The Hall–Kier alpha value is -0.610. The summed E-state index contributed by atoms with van der Waals surface area (Å²) in [6.07, 6.45) is 2.48. The molecular weight excluding hydrogens is 178 g/mol. The highest BCUT2D eigenvalue weighted by Gasteiger charge is 2.27. The van der Waals surface area contributed by atoms with Gasteiger partial charge in [-0.2, -0.15) is 0 Å². The minimum absolute atomic E-state index is 0.266. The third kappa shape index (κ3) is 2.07. The van der Waals surface area contributed by atoms with Crippen molar-refractivity contribution in [1.29, 1.82) is 0 Å². The molecule has 2 rings (SSSR count). The third-order valence-electron chi connectivity index (χ3n) is 3.27. The first-order valence-electron chi connectivity index (χ1n) is 5.46. The molecule has 2 fully saturated rings. The lowest BCUT2D eigenvalue weighted by Crippen LogP contribution is -2.55. The maximum atomic E-state index is 11.5. The van der Waals surface area contributed by atoms with Gasteiger partial charge >= 0.3 is 0 Å². The van der Waals surface area contributed by atoms with Crippen LogP contribution in [0.1, 0.15) is 12.8 Å². The molecule has 0 spiro atoms. The molecule has 0 radical (unpaired) electrons. The average Bonchev–Trinajstić information content (AvgIpc) is 2.23. The van der Waals surface area contributed by atoms with Crippen molar-refractivity contribution < 1.29 is 4.79 Å². The van der Waals surface area contributed by atoms with Crippen LogP contribution in [-0.2, 0) is 4.79 Å². The van der Waals surface area contributed by atoms with Gasteiger partial charge in [0.1, 0.15) is 0 Å². The van der Waals surface area contributed by atoms with E-state index in [1.807, 2.05) is 11.9 Å². The van der Waals surface area contributed by atoms with Crippen LogP contribution in [0.2, 0.25) is 0 Å². The van der Waals surface area contributed by atoms with E-state index in [9.17, 15) is 4.79 Å². The molecule has 4 nitrogen and oxygen atoms in total. The zero-order valence-electron chi connectivity index (χ0n) is 8.83. The molecule has 0 aromatic rings. The molecule has 1 amide bonds. The number of nitrogens with zero attached hydrogens (tertiary/aromatic N) is 2. The minimum Gasteiger partial charge on any atom is -0.343 e. The summed E-state index contributed by atoms with van der Waals surface area (Å²) in [5, 5.41) is 3.39. The van der Waals surface area contributed by atoms with Crippen LogP contribution >= 0.6 is 0 Å². The molecule has 1 N–H and O–H groups in total. The number of piperazine rings is 1. The van der Waals surface area contributed by atoms with Crippen LogP contribution in [0.4, 0.5) is 0 Å². The molecule has 2 saturated heterocycles. The number of hydrogen-bond acceptors (Lipinski definition) is 3. The molecule has 1 atom stereocenters. The highest BCUT2D eigenvalue weighted by molar-refractivity contribution is 5.78. The summed E-state index contributed by atoms with van der Waals surface area (Å²) in [6.45, 7) is 4.72. The first-order valence-corrected chi connectivity index (χ1v) is 5.46. The molecule has 1 unspecified atom stereocenters. The van der Waals surface area contributed by atoms with Gasteiger partial charge < -0.3 is 10.2 Å². The zero-order valence-corrected chi connectivity index (χ0v) is 8.83. The third-order valence-corrected chi connectivity index (χ3v) is 3.27. The number of carbonyl (C=O) groups is 1. The van der Waals surface area contributed by atoms with Gasteiger partial charge in [0.15, 0.2) is 0 Å². The molecule has 2 heterocycles. The van der Waals surface area contributed by atoms with Crippen molar-refractivity contribution >= 4 is 5.91 Å². The number of rotatable bonds is 1. The lowest BCUT2D eigenvalue weighted by atomic mass is 10.1. The van der Waals surface area contributed by atoms with Crippen molar-refractivity contribution in [2.75, 3.05) is 39.8 Å². The monoisotopic (exact) mass is 197 g/mol. The first kappa shape index (κ1) is 9.93. The fourth-order valence-electron chi connectivity index (χ4n) is 2.23. The molecule has 0 bridgehead atoms. The molecular formula is C10H19N3O. The summed E-state index contributed by atoms with van der Waals surface area (Å²) in [5.74, 6) is 0.266. The van der Waals surface area contributed by atoms with Crippen molar-refractivity contribution in [1.82, 2.24) is 15.1 Å². The van der Waals surface area contributed by atoms with Gasteiger partial charge in [0.25, 0.3) is 0 Å². The van der Waals surface area contributed by atoms with Crippen molar-refractivity contribution in [3.05, 3.63) is 0 Å². The van der Waals surface area contributed by atoms with Gasteiger partial charge in [0.2, 0.25) is 5.91 Å². The van der Waals surface area contributed by atoms with Crippen molar-refractivity contribution in [3.8, 4) is 0 Å². The van der Waals surface area contributed by atoms with E-state index in [4.69, 9.17) is 0 Å². The van der Waals surface area contributed by atoms with E-state index in [0.29, 0.717) is 12.6 Å². The van der Waals surface area contributed by atoms with Crippen molar-refractivity contribution in [3.63, 3.8) is 0 Å². The molecule has 0 aromatic heterocycles. The predicted molar refractivity (Wildman–Crippen MR) is 55.1 cm³/mol. The van der Waals surface area contributed by atoms with Crippen LogP contribution in [0.15, 0.2) is 0 Å². The number of carbonyl (C=O) groups excluding carboxylic acids is 1. The van der Waals surface area contributed by atoms with Gasteiger partial charge in [-0.3, -0.25) is 9.69 Å². The predicted octanol–water partition coefficient (Wildman–Crippen LogP) is -0.488. The van der Waals surface area contributed by atoms with Crippen LogP contribution in [0.3, 0.4) is 0 Å². The van der Waals surface area contributed by atoms with Crippen molar-refractivity contribution in [2.24, 2.45) is 0 Å². The van der Waals surface area contributed by atoms with E-state index >= 15 is 0 Å². The largest absolute Gasteiger partial charge is 0.343 e. The maximum Gasteiger partial charge on any atom is 0.236 e. The van der Waals surface area contributed by atoms with E-state index in [1.165, 1.54) is 12.8 Å². The summed E-state index contributed by atoms with van der Waals surface area (Å²) in [6, 6.07) is 0.585. The standard InChI is InChI=1S/C10H19N3O/c1-12-5-6-13(8-10(12)14)9-3-2-4-11-7-9/h9,11H,2-8H2,1H3. The highest BCUT2D eigenvalue weighted by atomic mass is 16.2. The first-order chi connectivity index (χ1) is 6.77. The Morgan fingerprint density at radius 2 is 2.29 bits per heavy atom. The Bertz CT molecular complexity index is 213. The maximum absolute atomic E-state index is 11.5. The number of piperidine rings is 1. The van der Waals surface area contributed by atoms with E-state index in [-0.39, 0.29) is 5.91 Å². The Kier molecular flexibility index (Phi) is 3.03. The molecule has 0 aromatic carbocycles. The second kappa shape index (κ2) is 4.28. The molecule has 2 aliphatic heterocycles. The quantitative estimate of drug-likeness (QED) is 0.616. The normalized spacial score (nSPS) is 30.8. The summed E-state index contributed by atoms with van der Waals surface area (Å²) in [4.78, 5) is 15.7. The summed E-state index contributed by atoms with van der Waals surface area (Å²) >= 11 is 0. The Labute approximate surface area is 85.2 Å². The number of amides is 1. The number of nitrogens with one attached hydrogen (secondary N) is 1. The lowest BCUT2D eigenvalue weighted by Gasteiger charge is -2.39. The Morgan fingerprint density at radius 3 is 2.93 bits per heavy atom. The lowest BCUT2D eigenvalue weighted by molar-refractivity contribution is -0.135. The Morgan fingerprint density at radius 1 is 1.43 bits per heavy atom. The second-order valence-electron chi connectivity index (χ2n) is 4.29. The van der Waals surface area contributed by atoms with Gasteiger partial charge in [0.05, 0.1) is 6.54 Å². The van der Waals surface area contributed by atoms with E-state index < -0.39 is 0 Å². The van der Waals surface area contributed by atoms with Gasteiger partial charge in [-0.05, 0) is 19.4 Å². The fraction of sp³-hybridized carbons (Fsp3) is 0.900. The van der Waals surface area contributed by atoms with Gasteiger partial charge in [-0.25, -0.2) is 0 Å². The number of hydrogen-bond donors (Lipinski definition) is 1. The summed E-state index contributed by atoms with van der Waals surface area (Å²) in [5.41, 5.74) is 0. The molecule has 2 aliphatic rings. The summed E-state index contributed by atoms with van der Waals surface area (Å²) < 4.78 is 0. The average molecular weight is 197 g/mol. The highest BCUT2D eigenvalue weighted by Crippen LogP contribution is 2.12. The van der Waals surface area contributed by atoms with Gasteiger partial charge in [-0.1, -0.05) is 0 Å². The number of likely N-dealkylation sites (N-methyl/N-ethyl adjacent to an activating group) is 1. The second-order valence-corrected chi connectivity index (χ2v) is 4.29. The summed E-state index contributed by atoms with van der Waals surface area (Å²) in [7, 11) is 1.89. The van der Waals surface area contributed by atoms with Crippen LogP contribution in [0, 0.1) is 0 Å². The van der Waals surface area contributed by atoms with E-state index in [1.54, 1.807) is 0 Å². The SMILES string of the molecule is CN1CCN(C2CCCNC2)CC1=O.